The number of aromatic nitrogens is 2. The summed E-state index contributed by atoms with van der Waals surface area (Å²) in [6, 6.07) is 12.1. The van der Waals surface area contributed by atoms with Crippen LogP contribution in [0, 0.1) is 0 Å². The second kappa shape index (κ2) is 5.77. The van der Waals surface area contributed by atoms with E-state index in [1.165, 1.54) is 0 Å². The van der Waals surface area contributed by atoms with Gasteiger partial charge in [0.25, 0.3) is 0 Å². The van der Waals surface area contributed by atoms with E-state index in [1.807, 2.05) is 30.3 Å². The molecule has 2 heterocycles. The number of hydrogen-bond acceptors (Lipinski definition) is 4. The predicted molar refractivity (Wildman–Crippen MR) is 82.0 cm³/mol. The van der Waals surface area contributed by atoms with E-state index >= 15 is 0 Å². The molecule has 1 aromatic heterocycles. The summed E-state index contributed by atoms with van der Waals surface area (Å²) in [6.07, 6.45) is 1.12. The van der Waals surface area contributed by atoms with Crippen LogP contribution in [0.25, 0.3) is 11.4 Å². The van der Waals surface area contributed by atoms with Gasteiger partial charge in [0.15, 0.2) is 5.82 Å². The average Bonchev–Trinajstić information content (AvgIpc) is 2.84. The molecule has 1 aliphatic heterocycles. The smallest absolute Gasteiger partial charge is 0.163 e. The van der Waals surface area contributed by atoms with Crippen LogP contribution in [-0.4, -0.2) is 41.0 Å². The molecular weight excluding hydrogens is 272 g/mol. The maximum absolute atomic E-state index is 6.11. The third-order valence-electron chi connectivity index (χ3n) is 3.47. The lowest BCUT2D eigenvalue weighted by Gasteiger charge is -2.14. The first-order chi connectivity index (χ1) is 9.70. The molecule has 2 aromatic rings. The van der Waals surface area contributed by atoms with E-state index in [2.05, 4.69) is 27.2 Å². The minimum Gasteiger partial charge on any atom is -0.366 e. The zero-order valence-corrected chi connectivity index (χ0v) is 12.1. The molecule has 1 unspecified atom stereocenters. The van der Waals surface area contributed by atoms with Crippen LogP contribution >= 0.6 is 11.6 Å². The van der Waals surface area contributed by atoms with Crippen molar-refractivity contribution in [3.63, 3.8) is 0 Å². The quantitative estimate of drug-likeness (QED) is 0.882. The van der Waals surface area contributed by atoms with Crippen LogP contribution in [0.5, 0.6) is 0 Å². The van der Waals surface area contributed by atoms with E-state index < -0.39 is 0 Å². The molecule has 5 heteroatoms. The summed E-state index contributed by atoms with van der Waals surface area (Å²) in [6.45, 7) is 2.14. The average molecular weight is 289 g/mol. The number of halogens is 1. The zero-order valence-electron chi connectivity index (χ0n) is 11.4. The number of likely N-dealkylation sites (tertiary alicyclic amines) is 1. The van der Waals surface area contributed by atoms with Crippen LogP contribution < -0.4 is 5.32 Å². The molecule has 1 N–H and O–H groups in total. The highest BCUT2D eigenvalue weighted by atomic mass is 35.5. The predicted octanol–water partition coefficient (Wildman–Crippen LogP) is 2.91. The zero-order chi connectivity index (χ0) is 13.9. The van der Waals surface area contributed by atoms with E-state index in [9.17, 15) is 0 Å². The monoisotopic (exact) mass is 288 g/mol. The van der Waals surface area contributed by atoms with Crippen molar-refractivity contribution in [3.8, 4) is 11.4 Å². The van der Waals surface area contributed by atoms with Gasteiger partial charge >= 0.3 is 0 Å². The van der Waals surface area contributed by atoms with Crippen LogP contribution in [0.2, 0.25) is 5.15 Å². The summed E-state index contributed by atoms with van der Waals surface area (Å²) < 4.78 is 0. The maximum atomic E-state index is 6.11. The molecule has 0 amide bonds. The fraction of sp³-hybridized carbons (Fsp3) is 0.333. The Bertz CT molecular complexity index is 588. The number of anilines is 1. The van der Waals surface area contributed by atoms with E-state index in [1.54, 1.807) is 6.07 Å². The van der Waals surface area contributed by atoms with Crippen molar-refractivity contribution in [2.45, 2.75) is 12.5 Å². The summed E-state index contributed by atoms with van der Waals surface area (Å²) in [5.41, 5.74) is 0.974. The third kappa shape index (κ3) is 3.08. The van der Waals surface area contributed by atoms with Crippen LogP contribution in [0.1, 0.15) is 6.42 Å². The number of rotatable bonds is 3. The van der Waals surface area contributed by atoms with Crippen molar-refractivity contribution in [3.05, 3.63) is 41.6 Å². The fourth-order valence-corrected chi connectivity index (χ4v) is 2.65. The lowest BCUT2D eigenvalue weighted by molar-refractivity contribution is 0.414. The summed E-state index contributed by atoms with van der Waals surface area (Å²) in [4.78, 5) is 11.2. The molecule has 1 atom stereocenters. The van der Waals surface area contributed by atoms with Crippen LogP contribution in [0.15, 0.2) is 36.4 Å². The Morgan fingerprint density at radius 2 is 2.05 bits per heavy atom. The van der Waals surface area contributed by atoms with Gasteiger partial charge in [-0.2, -0.15) is 0 Å². The van der Waals surface area contributed by atoms with E-state index in [0.29, 0.717) is 17.0 Å². The largest absolute Gasteiger partial charge is 0.366 e. The summed E-state index contributed by atoms with van der Waals surface area (Å²) >= 11 is 6.11. The first-order valence-electron chi connectivity index (χ1n) is 6.76. The molecule has 0 bridgehead atoms. The molecular formula is C15H17ClN4. The Kier molecular flexibility index (Phi) is 3.85. The molecule has 4 nitrogen and oxygen atoms in total. The van der Waals surface area contributed by atoms with Gasteiger partial charge in [-0.05, 0) is 20.0 Å². The van der Waals surface area contributed by atoms with E-state index in [4.69, 9.17) is 11.6 Å². The summed E-state index contributed by atoms with van der Waals surface area (Å²) in [5.74, 6) is 1.45. The lowest BCUT2D eigenvalue weighted by Crippen LogP contribution is -2.24. The number of benzene rings is 1. The molecule has 0 radical (unpaired) electrons. The molecule has 1 fully saturated rings. The van der Waals surface area contributed by atoms with Crippen LogP contribution in [0.4, 0.5) is 5.82 Å². The fourth-order valence-electron chi connectivity index (χ4n) is 2.47. The first-order valence-corrected chi connectivity index (χ1v) is 7.13. The van der Waals surface area contributed by atoms with Crippen molar-refractivity contribution in [2.24, 2.45) is 0 Å². The molecule has 0 spiro atoms. The van der Waals surface area contributed by atoms with Crippen molar-refractivity contribution in [1.82, 2.24) is 14.9 Å². The Morgan fingerprint density at radius 1 is 1.25 bits per heavy atom. The standard InChI is InChI=1S/C15H17ClN4/c1-20-8-7-12(10-20)17-14-9-13(16)18-15(19-14)11-5-3-2-4-6-11/h2-6,9,12H,7-8,10H2,1H3,(H,17,18,19). The van der Waals surface area contributed by atoms with Crippen LogP contribution in [-0.2, 0) is 0 Å². The number of likely N-dealkylation sites (N-methyl/N-ethyl adjacent to an activating group) is 1. The molecule has 3 rings (SSSR count). The first kappa shape index (κ1) is 13.3. The minimum atomic E-state index is 0.426. The number of hydrogen-bond donors (Lipinski definition) is 1. The Labute approximate surface area is 123 Å². The van der Waals surface area contributed by atoms with E-state index in [0.717, 1.165) is 30.9 Å². The minimum absolute atomic E-state index is 0.426. The van der Waals surface area contributed by atoms with Gasteiger partial charge in [-0.25, -0.2) is 9.97 Å². The van der Waals surface area contributed by atoms with E-state index in [-0.39, 0.29) is 0 Å². The van der Waals surface area contributed by atoms with Gasteiger partial charge in [0, 0.05) is 24.2 Å². The SMILES string of the molecule is CN1CCC(Nc2cc(Cl)nc(-c3ccccc3)n2)C1. The maximum Gasteiger partial charge on any atom is 0.163 e. The second-order valence-corrected chi connectivity index (χ2v) is 5.54. The van der Waals surface area contributed by atoms with Gasteiger partial charge in [0.1, 0.15) is 11.0 Å². The summed E-state index contributed by atoms with van der Waals surface area (Å²) in [5, 5.41) is 3.91. The highest BCUT2D eigenvalue weighted by molar-refractivity contribution is 6.29. The topological polar surface area (TPSA) is 41.0 Å². The Morgan fingerprint density at radius 3 is 2.75 bits per heavy atom. The lowest BCUT2D eigenvalue weighted by atomic mass is 10.2. The van der Waals surface area contributed by atoms with Gasteiger partial charge in [-0.1, -0.05) is 41.9 Å². The third-order valence-corrected chi connectivity index (χ3v) is 3.66. The summed E-state index contributed by atoms with van der Waals surface area (Å²) in [7, 11) is 2.13. The highest BCUT2D eigenvalue weighted by Crippen LogP contribution is 2.21. The second-order valence-electron chi connectivity index (χ2n) is 5.16. The van der Waals surface area contributed by atoms with Gasteiger partial charge in [-0.3, -0.25) is 0 Å². The van der Waals surface area contributed by atoms with Crippen LogP contribution in [0.3, 0.4) is 0 Å². The molecule has 20 heavy (non-hydrogen) atoms. The van der Waals surface area contributed by atoms with Crippen molar-refractivity contribution >= 4 is 17.4 Å². The van der Waals surface area contributed by atoms with Crippen molar-refractivity contribution in [1.29, 1.82) is 0 Å². The molecule has 1 aromatic carbocycles. The van der Waals surface area contributed by atoms with Gasteiger partial charge in [0.2, 0.25) is 0 Å². The van der Waals surface area contributed by atoms with Gasteiger partial charge < -0.3 is 10.2 Å². The highest BCUT2D eigenvalue weighted by Gasteiger charge is 2.19. The Balaban J connectivity index is 1.83. The number of nitrogens with one attached hydrogen (secondary N) is 1. The molecule has 1 aliphatic rings. The van der Waals surface area contributed by atoms with Crippen molar-refractivity contribution in [2.75, 3.05) is 25.5 Å². The van der Waals surface area contributed by atoms with Crippen molar-refractivity contribution < 1.29 is 0 Å². The molecule has 0 saturated carbocycles. The Hall–Kier alpha value is -1.65. The molecule has 104 valence electrons. The van der Waals surface area contributed by atoms with Gasteiger partial charge in [0.05, 0.1) is 0 Å². The van der Waals surface area contributed by atoms with Gasteiger partial charge in [-0.15, -0.1) is 0 Å². The molecule has 1 saturated heterocycles. The number of nitrogens with zero attached hydrogens (tertiary/aromatic N) is 3. The normalized spacial score (nSPS) is 19.2. The molecule has 0 aliphatic carbocycles.